The molecule has 4 nitrogen and oxygen atoms in total. The highest BCUT2D eigenvalue weighted by Crippen LogP contribution is 2.20. The SMILES string of the molecule is COc1cc(C(=O)N2CCCC(=O)C2)ccc1C. The van der Waals surface area contributed by atoms with Gasteiger partial charge in [-0.25, -0.2) is 0 Å². The molecule has 0 saturated carbocycles. The first kappa shape index (κ1) is 12.6. The number of carbonyl (C=O) groups is 2. The van der Waals surface area contributed by atoms with Crippen LogP contribution in [0, 0.1) is 6.92 Å². The lowest BCUT2D eigenvalue weighted by atomic mass is 10.1. The molecule has 96 valence electrons. The van der Waals surface area contributed by atoms with Crippen molar-refractivity contribution in [2.75, 3.05) is 20.2 Å². The number of aryl methyl sites for hydroxylation is 1. The molecular weight excluding hydrogens is 230 g/mol. The van der Waals surface area contributed by atoms with E-state index in [1.165, 1.54) is 0 Å². The average molecular weight is 247 g/mol. The van der Waals surface area contributed by atoms with Crippen molar-refractivity contribution in [1.29, 1.82) is 0 Å². The third-order valence-corrected chi connectivity index (χ3v) is 3.19. The molecule has 4 heteroatoms. The summed E-state index contributed by atoms with van der Waals surface area (Å²) in [5.74, 6) is 0.735. The third-order valence-electron chi connectivity index (χ3n) is 3.19. The van der Waals surface area contributed by atoms with E-state index in [1.54, 1.807) is 24.1 Å². The average Bonchev–Trinajstić information content (AvgIpc) is 2.38. The monoisotopic (exact) mass is 247 g/mol. The molecule has 2 rings (SSSR count). The maximum absolute atomic E-state index is 12.2. The molecule has 0 unspecified atom stereocenters. The van der Waals surface area contributed by atoms with Crippen LogP contribution in [-0.4, -0.2) is 36.8 Å². The summed E-state index contributed by atoms with van der Waals surface area (Å²) in [7, 11) is 1.58. The Hall–Kier alpha value is -1.84. The van der Waals surface area contributed by atoms with Gasteiger partial charge in [0.1, 0.15) is 5.75 Å². The number of likely N-dealkylation sites (tertiary alicyclic amines) is 1. The van der Waals surface area contributed by atoms with E-state index in [4.69, 9.17) is 4.74 Å². The third kappa shape index (κ3) is 2.53. The highest BCUT2D eigenvalue weighted by Gasteiger charge is 2.22. The lowest BCUT2D eigenvalue weighted by Crippen LogP contribution is -2.40. The second-order valence-electron chi connectivity index (χ2n) is 4.55. The second kappa shape index (κ2) is 5.21. The van der Waals surface area contributed by atoms with Crippen molar-refractivity contribution in [2.45, 2.75) is 19.8 Å². The van der Waals surface area contributed by atoms with Crippen molar-refractivity contribution in [2.24, 2.45) is 0 Å². The van der Waals surface area contributed by atoms with Gasteiger partial charge in [0.15, 0.2) is 5.78 Å². The molecule has 0 aliphatic carbocycles. The minimum absolute atomic E-state index is 0.0960. The van der Waals surface area contributed by atoms with Gasteiger partial charge >= 0.3 is 0 Å². The minimum atomic E-state index is -0.0960. The summed E-state index contributed by atoms with van der Waals surface area (Å²) >= 11 is 0. The van der Waals surface area contributed by atoms with E-state index >= 15 is 0 Å². The van der Waals surface area contributed by atoms with Crippen LogP contribution in [0.25, 0.3) is 0 Å². The Kier molecular flexibility index (Phi) is 3.65. The Morgan fingerprint density at radius 2 is 2.17 bits per heavy atom. The summed E-state index contributed by atoms with van der Waals surface area (Å²) in [6.07, 6.45) is 1.34. The van der Waals surface area contributed by atoms with Crippen molar-refractivity contribution in [3.8, 4) is 5.75 Å². The maximum atomic E-state index is 12.2. The molecule has 1 aliphatic heterocycles. The molecule has 0 spiro atoms. The largest absolute Gasteiger partial charge is 0.496 e. The van der Waals surface area contributed by atoms with Crippen LogP contribution in [0.4, 0.5) is 0 Å². The molecule has 1 aliphatic rings. The van der Waals surface area contributed by atoms with Crippen LogP contribution in [0.3, 0.4) is 0 Å². The van der Waals surface area contributed by atoms with Gasteiger partial charge in [-0.15, -0.1) is 0 Å². The van der Waals surface area contributed by atoms with Gasteiger partial charge in [-0.1, -0.05) is 6.07 Å². The number of piperidine rings is 1. The first-order valence-electron chi connectivity index (χ1n) is 6.07. The van der Waals surface area contributed by atoms with E-state index in [2.05, 4.69) is 0 Å². The fourth-order valence-corrected chi connectivity index (χ4v) is 2.15. The number of carbonyl (C=O) groups excluding carboxylic acids is 2. The summed E-state index contributed by atoms with van der Waals surface area (Å²) in [6, 6.07) is 5.37. The van der Waals surface area contributed by atoms with Gasteiger partial charge in [0.05, 0.1) is 13.7 Å². The number of amides is 1. The van der Waals surface area contributed by atoms with Crippen molar-refractivity contribution in [3.05, 3.63) is 29.3 Å². The Balaban J connectivity index is 2.20. The van der Waals surface area contributed by atoms with Crippen LogP contribution in [0.2, 0.25) is 0 Å². The van der Waals surface area contributed by atoms with Gasteiger partial charge in [-0.3, -0.25) is 9.59 Å². The van der Waals surface area contributed by atoms with E-state index in [-0.39, 0.29) is 18.2 Å². The molecule has 0 bridgehead atoms. The Bertz CT molecular complexity index is 482. The molecule has 0 N–H and O–H groups in total. The van der Waals surface area contributed by atoms with Gasteiger partial charge in [-0.2, -0.15) is 0 Å². The normalized spacial score (nSPS) is 15.7. The number of rotatable bonds is 2. The number of hydrogen-bond donors (Lipinski definition) is 0. The molecule has 0 atom stereocenters. The van der Waals surface area contributed by atoms with Crippen LogP contribution in [0.15, 0.2) is 18.2 Å². The summed E-state index contributed by atoms with van der Waals surface area (Å²) in [6.45, 7) is 2.81. The first-order valence-corrected chi connectivity index (χ1v) is 6.07. The molecule has 18 heavy (non-hydrogen) atoms. The van der Waals surface area contributed by atoms with Gasteiger partial charge in [0.25, 0.3) is 5.91 Å². The zero-order valence-electron chi connectivity index (χ0n) is 10.7. The van der Waals surface area contributed by atoms with Gasteiger partial charge in [0.2, 0.25) is 0 Å². The number of benzene rings is 1. The van der Waals surface area contributed by atoms with Gasteiger partial charge in [0, 0.05) is 18.5 Å². The Labute approximate surface area is 107 Å². The van der Waals surface area contributed by atoms with Crippen molar-refractivity contribution in [3.63, 3.8) is 0 Å². The van der Waals surface area contributed by atoms with E-state index in [9.17, 15) is 9.59 Å². The van der Waals surface area contributed by atoms with E-state index in [0.29, 0.717) is 24.3 Å². The second-order valence-corrected chi connectivity index (χ2v) is 4.55. The van der Waals surface area contributed by atoms with Crippen molar-refractivity contribution in [1.82, 2.24) is 4.90 Å². The Morgan fingerprint density at radius 3 is 2.83 bits per heavy atom. The van der Waals surface area contributed by atoms with Crippen LogP contribution in [0.5, 0.6) is 5.75 Å². The molecule has 1 saturated heterocycles. The quantitative estimate of drug-likeness (QED) is 0.800. The van der Waals surface area contributed by atoms with Crippen LogP contribution in [-0.2, 0) is 4.79 Å². The van der Waals surface area contributed by atoms with Crippen molar-refractivity contribution >= 4 is 11.7 Å². The highest BCUT2D eigenvalue weighted by atomic mass is 16.5. The van der Waals surface area contributed by atoms with Gasteiger partial charge in [-0.05, 0) is 31.0 Å². The lowest BCUT2D eigenvalue weighted by molar-refractivity contribution is -0.121. The summed E-state index contributed by atoms with van der Waals surface area (Å²) in [5.41, 5.74) is 1.57. The minimum Gasteiger partial charge on any atom is -0.496 e. The molecule has 1 heterocycles. The van der Waals surface area contributed by atoms with E-state index in [0.717, 1.165) is 12.0 Å². The maximum Gasteiger partial charge on any atom is 0.254 e. The number of ether oxygens (including phenoxy) is 1. The fourth-order valence-electron chi connectivity index (χ4n) is 2.15. The highest BCUT2D eigenvalue weighted by molar-refractivity contribution is 5.97. The fraction of sp³-hybridized carbons (Fsp3) is 0.429. The molecule has 1 amide bonds. The number of nitrogens with zero attached hydrogens (tertiary/aromatic N) is 1. The smallest absolute Gasteiger partial charge is 0.254 e. The van der Waals surface area contributed by atoms with E-state index in [1.807, 2.05) is 13.0 Å². The molecule has 0 aromatic heterocycles. The van der Waals surface area contributed by atoms with Gasteiger partial charge < -0.3 is 9.64 Å². The Morgan fingerprint density at radius 1 is 1.39 bits per heavy atom. The number of Topliss-reactive ketones (excluding diaryl/α,β-unsaturated/α-hetero) is 1. The summed E-state index contributed by atoms with van der Waals surface area (Å²) < 4.78 is 5.21. The number of methoxy groups -OCH3 is 1. The number of hydrogen-bond acceptors (Lipinski definition) is 3. The van der Waals surface area contributed by atoms with E-state index < -0.39 is 0 Å². The number of ketones is 1. The molecule has 0 radical (unpaired) electrons. The van der Waals surface area contributed by atoms with Crippen molar-refractivity contribution < 1.29 is 14.3 Å². The first-order chi connectivity index (χ1) is 8.61. The summed E-state index contributed by atoms with van der Waals surface area (Å²) in [4.78, 5) is 25.2. The lowest BCUT2D eigenvalue weighted by Gasteiger charge is -2.26. The predicted octanol–water partition coefficient (Wildman–Crippen LogP) is 1.81. The van der Waals surface area contributed by atoms with Crippen LogP contribution >= 0.6 is 0 Å². The van der Waals surface area contributed by atoms with Crippen LogP contribution < -0.4 is 4.74 Å². The summed E-state index contributed by atoms with van der Waals surface area (Å²) in [5, 5.41) is 0. The predicted molar refractivity (Wildman–Crippen MR) is 67.9 cm³/mol. The topological polar surface area (TPSA) is 46.6 Å². The van der Waals surface area contributed by atoms with Crippen LogP contribution in [0.1, 0.15) is 28.8 Å². The molecule has 1 aromatic rings. The molecule has 1 fully saturated rings. The molecular formula is C14H17NO3. The zero-order chi connectivity index (χ0) is 13.1. The molecule has 1 aromatic carbocycles. The standard InChI is InChI=1S/C14H17NO3/c1-10-5-6-11(8-13(10)18-2)14(17)15-7-3-4-12(16)9-15/h5-6,8H,3-4,7,9H2,1-2H3. The zero-order valence-corrected chi connectivity index (χ0v) is 10.7.